The van der Waals surface area contributed by atoms with Gasteiger partial charge in [0, 0.05) is 51.4 Å². The Kier molecular flexibility index (Phi) is 5.88. The molecule has 2 fully saturated rings. The number of aromatic nitrogens is 2. The lowest BCUT2D eigenvalue weighted by molar-refractivity contribution is 0.381. The van der Waals surface area contributed by atoms with E-state index in [1.807, 2.05) is 17.9 Å². The lowest BCUT2D eigenvalue weighted by Gasteiger charge is -2.35. The average Bonchev–Trinajstić information content (AvgIpc) is 2.74. The lowest BCUT2D eigenvalue weighted by Crippen LogP contribution is -2.49. The van der Waals surface area contributed by atoms with Crippen LogP contribution in [0.5, 0.6) is 0 Å². The summed E-state index contributed by atoms with van der Waals surface area (Å²) in [6, 6.07) is 4.49. The second-order valence-corrected chi connectivity index (χ2v) is 9.55. The third-order valence-corrected chi connectivity index (χ3v) is 7.50. The van der Waals surface area contributed by atoms with Gasteiger partial charge in [0.2, 0.25) is 10.0 Å². The first-order valence-corrected chi connectivity index (χ1v) is 11.6. The SMILES string of the molecule is Cc1nc(N2CCCCC2)cc(N2CCN(S(=O)(=O)c3ccc(F)cc3F)CC2)n1. The molecular weight excluding hydrogens is 412 g/mol. The van der Waals surface area contributed by atoms with Crippen LogP contribution in [0.4, 0.5) is 20.4 Å². The Labute approximate surface area is 175 Å². The number of hydrogen-bond acceptors (Lipinski definition) is 6. The summed E-state index contributed by atoms with van der Waals surface area (Å²) in [7, 11) is -4.02. The highest BCUT2D eigenvalue weighted by atomic mass is 32.2. The van der Waals surface area contributed by atoms with Crippen LogP contribution < -0.4 is 9.80 Å². The van der Waals surface area contributed by atoms with E-state index in [1.165, 1.54) is 10.7 Å². The molecule has 2 saturated heterocycles. The summed E-state index contributed by atoms with van der Waals surface area (Å²) in [5, 5.41) is 0. The van der Waals surface area contributed by atoms with E-state index in [-0.39, 0.29) is 13.1 Å². The zero-order chi connectivity index (χ0) is 21.3. The molecule has 2 aliphatic rings. The van der Waals surface area contributed by atoms with E-state index in [1.54, 1.807) is 0 Å². The largest absolute Gasteiger partial charge is 0.356 e. The maximum Gasteiger partial charge on any atom is 0.246 e. The van der Waals surface area contributed by atoms with Crippen molar-refractivity contribution in [2.24, 2.45) is 0 Å². The summed E-state index contributed by atoms with van der Waals surface area (Å²) in [6.07, 6.45) is 3.53. The normalized spacial score (nSPS) is 18.6. The Balaban J connectivity index is 1.48. The zero-order valence-corrected chi connectivity index (χ0v) is 17.7. The van der Waals surface area contributed by atoms with Gasteiger partial charge in [-0.2, -0.15) is 4.31 Å². The molecule has 2 aliphatic heterocycles. The fourth-order valence-corrected chi connectivity index (χ4v) is 5.43. The van der Waals surface area contributed by atoms with Gasteiger partial charge in [0.25, 0.3) is 0 Å². The van der Waals surface area contributed by atoms with Crippen LogP contribution in [-0.4, -0.2) is 62.0 Å². The summed E-state index contributed by atoms with van der Waals surface area (Å²) < 4.78 is 54.0. The number of benzene rings is 1. The molecule has 0 atom stereocenters. The maximum atomic E-state index is 14.0. The molecular formula is C20H25F2N5O2S. The summed E-state index contributed by atoms with van der Waals surface area (Å²) >= 11 is 0. The minimum atomic E-state index is -4.02. The maximum absolute atomic E-state index is 14.0. The van der Waals surface area contributed by atoms with Gasteiger partial charge in [0.1, 0.15) is 34.0 Å². The number of halogens is 2. The molecule has 0 spiro atoms. The number of nitrogens with zero attached hydrogens (tertiary/aromatic N) is 5. The highest BCUT2D eigenvalue weighted by Crippen LogP contribution is 2.25. The minimum absolute atomic E-state index is 0.196. The van der Waals surface area contributed by atoms with Crippen molar-refractivity contribution >= 4 is 21.7 Å². The second-order valence-electron chi connectivity index (χ2n) is 7.65. The van der Waals surface area contributed by atoms with E-state index in [0.717, 1.165) is 49.7 Å². The van der Waals surface area contributed by atoms with Crippen molar-refractivity contribution in [3.05, 3.63) is 41.7 Å². The molecule has 1 aromatic heterocycles. The van der Waals surface area contributed by atoms with E-state index in [4.69, 9.17) is 0 Å². The van der Waals surface area contributed by atoms with E-state index in [9.17, 15) is 17.2 Å². The average molecular weight is 438 g/mol. The Morgan fingerprint density at radius 3 is 2.03 bits per heavy atom. The Hall–Kier alpha value is -2.33. The summed E-state index contributed by atoms with van der Waals surface area (Å²) in [5.74, 6) is 0.472. The Bertz CT molecular complexity index is 1020. The summed E-state index contributed by atoms with van der Waals surface area (Å²) in [6.45, 7) is 5.06. The van der Waals surface area contributed by atoms with Crippen molar-refractivity contribution in [3.8, 4) is 0 Å². The molecule has 0 aliphatic carbocycles. The van der Waals surface area contributed by atoms with Crippen molar-refractivity contribution in [3.63, 3.8) is 0 Å². The molecule has 0 unspecified atom stereocenters. The molecule has 0 saturated carbocycles. The predicted molar refractivity (Wildman–Crippen MR) is 110 cm³/mol. The lowest BCUT2D eigenvalue weighted by atomic mass is 10.1. The van der Waals surface area contributed by atoms with Crippen LogP contribution in [0.15, 0.2) is 29.2 Å². The van der Waals surface area contributed by atoms with Gasteiger partial charge in [-0.25, -0.2) is 27.2 Å². The van der Waals surface area contributed by atoms with Crippen molar-refractivity contribution in [1.82, 2.24) is 14.3 Å². The first-order chi connectivity index (χ1) is 14.3. The van der Waals surface area contributed by atoms with Crippen molar-refractivity contribution in [2.45, 2.75) is 31.1 Å². The van der Waals surface area contributed by atoms with Gasteiger partial charge in [0.05, 0.1) is 0 Å². The van der Waals surface area contributed by atoms with Crippen LogP contribution in [0.3, 0.4) is 0 Å². The highest BCUT2D eigenvalue weighted by Gasteiger charge is 2.31. The Morgan fingerprint density at radius 2 is 1.43 bits per heavy atom. The van der Waals surface area contributed by atoms with E-state index in [0.29, 0.717) is 25.0 Å². The number of piperazine rings is 1. The highest BCUT2D eigenvalue weighted by molar-refractivity contribution is 7.89. The van der Waals surface area contributed by atoms with E-state index in [2.05, 4.69) is 14.9 Å². The van der Waals surface area contributed by atoms with Crippen LogP contribution in [0.2, 0.25) is 0 Å². The molecule has 162 valence electrons. The second kappa shape index (κ2) is 8.43. The molecule has 2 aromatic rings. The van der Waals surface area contributed by atoms with E-state index < -0.39 is 26.6 Å². The number of rotatable bonds is 4. The Morgan fingerprint density at radius 1 is 0.833 bits per heavy atom. The van der Waals surface area contributed by atoms with Gasteiger partial charge in [-0.05, 0) is 38.3 Å². The predicted octanol–water partition coefficient (Wildman–Crippen LogP) is 2.56. The van der Waals surface area contributed by atoms with Gasteiger partial charge < -0.3 is 9.80 Å². The smallest absolute Gasteiger partial charge is 0.246 e. The third-order valence-electron chi connectivity index (χ3n) is 5.57. The van der Waals surface area contributed by atoms with Gasteiger partial charge in [-0.1, -0.05) is 0 Å². The molecule has 0 radical (unpaired) electrons. The summed E-state index contributed by atoms with van der Waals surface area (Å²) in [4.78, 5) is 12.9. The molecule has 7 nitrogen and oxygen atoms in total. The van der Waals surface area contributed by atoms with E-state index >= 15 is 0 Å². The van der Waals surface area contributed by atoms with Gasteiger partial charge in [-0.15, -0.1) is 0 Å². The number of hydrogen-bond donors (Lipinski definition) is 0. The number of piperidine rings is 1. The van der Waals surface area contributed by atoms with Crippen LogP contribution in [-0.2, 0) is 10.0 Å². The monoisotopic (exact) mass is 437 g/mol. The molecule has 0 N–H and O–H groups in total. The first-order valence-electron chi connectivity index (χ1n) is 10.2. The number of anilines is 2. The molecule has 4 rings (SSSR count). The van der Waals surface area contributed by atoms with Crippen LogP contribution in [0.1, 0.15) is 25.1 Å². The number of sulfonamides is 1. The molecule has 0 bridgehead atoms. The van der Waals surface area contributed by atoms with Crippen LogP contribution in [0, 0.1) is 18.6 Å². The van der Waals surface area contributed by atoms with Gasteiger partial charge >= 0.3 is 0 Å². The van der Waals surface area contributed by atoms with Crippen molar-refractivity contribution < 1.29 is 17.2 Å². The van der Waals surface area contributed by atoms with Gasteiger partial charge in [-0.3, -0.25) is 0 Å². The molecule has 3 heterocycles. The molecule has 0 amide bonds. The van der Waals surface area contributed by atoms with Crippen molar-refractivity contribution in [2.75, 3.05) is 49.1 Å². The topological polar surface area (TPSA) is 69.6 Å². The van der Waals surface area contributed by atoms with Crippen molar-refractivity contribution in [1.29, 1.82) is 0 Å². The zero-order valence-electron chi connectivity index (χ0n) is 16.9. The third kappa shape index (κ3) is 4.24. The molecule has 30 heavy (non-hydrogen) atoms. The van der Waals surface area contributed by atoms with Gasteiger partial charge in [0.15, 0.2) is 0 Å². The first kappa shape index (κ1) is 20.9. The molecule has 1 aromatic carbocycles. The van der Waals surface area contributed by atoms with Crippen LogP contribution >= 0.6 is 0 Å². The quantitative estimate of drug-likeness (QED) is 0.732. The fourth-order valence-electron chi connectivity index (χ4n) is 3.96. The van der Waals surface area contributed by atoms with Crippen LogP contribution in [0.25, 0.3) is 0 Å². The fraction of sp³-hybridized carbons (Fsp3) is 0.500. The number of aryl methyl sites for hydroxylation is 1. The molecule has 10 heteroatoms. The minimum Gasteiger partial charge on any atom is -0.356 e. The summed E-state index contributed by atoms with van der Waals surface area (Å²) in [5.41, 5.74) is 0. The standard InChI is InChI=1S/C20H25F2N5O2S/c1-15-23-19(25-7-3-2-4-8-25)14-20(24-15)26-9-11-27(12-10-26)30(28,29)18-6-5-16(21)13-17(18)22/h5-6,13-14H,2-4,7-12H2,1H3.